The number of hydrogen-bond acceptors (Lipinski definition) is 4. The second-order valence-corrected chi connectivity index (χ2v) is 7.44. The standard InChI is InChI=1S/C20H26N4O/c1-14-6-5-9-16(21-14)12-24-11-10-18-17(13-24)20(25)23-19(22-18)15-7-3-2-4-8-15/h5-6,9,15H,2-4,7-8,10-13H2,1H3,(H,22,23,25). The molecule has 2 aliphatic rings. The Morgan fingerprint density at radius 1 is 1.20 bits per heavy atom. The van der Waals surface area contributed by atoms with E-state index in [1.165, 1.54) is 19.3 Å². The van der Waals surface area contributed by atoms with Gasteiger partial charge in [-0.15, -0.1) is 0 Å². The van der Waals surface area contributed by atoms with Gasteiger partial charge in [-0.05, 0) is 31.9 Å². The summed E-state index contributed by atoms with van der Waals surface area (Å²) in [7, 11) is 0. The number of aromatic nitrogens is 3. The smallest absolute Gasteiger partial charge is 0.255 e. The first-order valence-electron chi connectivity index (χ1n) is 9.46. The maximum atomic E-state index is 12.6. The average molecular weight is 338 g/mol. The quantitative estimate of drug-likeness (QED) is 0.934. The molecule has 5 nitrogen and oxygen atoms in total. The topological polar surface area (TPSA) is 61.9 Å². The van der Waals surface area contributed by atoms with Gasteiger partial charge in [0.1, 0.15) is 5.82 Å². The van der Waals surface area contributed by atoms with E-state index in [-0.39, 0.29) is 5.56 Å². The zero-order valence-corrected chi connectivity index (χ0v) is 14.9. The largest absolute Gasteiger partial charge is 0.310 e. The van der Waals surface area contributed by atoms with Crippen LogP contribution in [0, 0.1) is 6.92 Å². The van der Waals surface area contributed by atoms with Gasteiger partial charge >= 0.3 is 0 Å². The molecule has 1 aliphatic heterocycles. The Labute approximate surface area is 148 Å². The first-order valence-corrected chi connectivity index (χ1v) is 9.46. The van der Waals surface area contributed by atoms with Gasteiger partial charge in [0.25, 0.3) is 5.56 Å². The number of aryl methyl sites for hydroxylation is 1. The predicted octanol–water partition coefficient (Wildman–Crippen LogP) is 3.08. The summed E-state index contributed by atoms with van der Waals surface area (Å²) < 4.78 is 0. The minimum Gasteiger partial charge on any atom is -0.310 e. The Balaban J connectivity index is 1.52. The van der Waals surface area contributed by atoms with Crippen molar-refractivity contribution in [2.24, 2.45) is 0 Å². The molecule has 132 valence electrons. The summed E-state index contributed by atoms with van der Waals surface area (Å²) in [6.45, 7) is 4.39. The van der Waals surface area contributed by atoms with E-state index >= 15 is 0 Å². The van der Waals surface area contributed by atoms with Crippen molar-refractivity contribution < 1.29 is 0 Å². The molecule has 2 aromatic rings. The number of hydrogen-bond donors (Lipinski definition) is 1. The molecule has 5 heteroatoms. The molecule has 25 heavy (non-hydrogen) atoms. The van der Waals surface area contributed by atoms with Gasteiger partial charge in [-0.3, -0.25) is 14.7 Å². The highest BCUT2D eigenvalue weighted by Gasteiger charge is 2.24. The molecular formula is C20H26N4O. The first-order chi connectivity index (χ1) is 12.2. The highest BCUT2D eigenvalue weighted by Crippen LogP contribution is 2.30. The minimum atomic E-state index is 0.0625. The Bertz CT molecular complexity index is 808. The number of H-pyrrole nitrogens is 1. The molecule has 1 saturated carbocycles. The van der Waals surface area contributed by atoms with E-state index in [0.29, 0.717) is 12.5 Å². The second kappa shape index (κ2) is 7.08. The first kappa shape index (κ1) is 16.5. The van der Waals surface area contributed by atoms with E-state index in [4.69, 9.17) is 4.98 Å². The van der Waals surface area contributed by atoms with Crippen LogP contribution in [0.5, 0.6) is 0 Å². The maximum Gasteiger partial charge on any atom is 0.255 e. The Kier molecular flexibility index (Phi) is 4.66. The fourth-order valence-corrected chi connectivity index (χ4v) is 4.12. The molecule has 4 rings (SSSR count). The van der Waals surface area contributed by atoms with Crippen molar-refractivity contribution in [2.45, 2.75) is 64.5 Å². The van der Waals surface area contributed by atoms with Crippen molar-refractivity contribution in [3.63, 3.8) is 0 Å². The van der Waals surface area contributed by atoms with E-state index in [2.05, 4.69) is 20.9 Å². The van der Waals surface area contributed by atoms with Gasteiger partial charge in [0.15, 0.2) is 0 Å². The van der Waals surface area contributed by atoms with Crippen LogP contribution in [0.25, 0.3) is 0 Å². The zero-order chi connectivity index (χ0) is 17.2. The predicted molar refractivity (Wildman–Crippen MR) is 97.5 cm³/mol. The molecule has 0 unspecified atom stereocenters. The Hall–Kier alpha value is -2.01. The van der Waals surface area contributed by atoms with E-state index in [1.54, 1.807) is 0 Å². The lowest BCUT2D eigenvalue weighted by atomic mass is 9.88. The molecule has 0 saturated heterocycles. The fraction of sp³-hybridized carbons (Fsp3) is 0.550. The fourth-order valence-electron chi connectivity index (χ4n) is 4.12. The molecule has 1 N–H and O–H groups in total. The summed E-state index contributed by atoms with van der Waals surface area (Å²) in [5.74, 6) is 1.37. The zero-order valence-electron chi connectivity index (χ0n) is 14.9. The lowest BCUT2D eigenvalue weighted by molar-refractivity contribution is 0.238. The molecule has 3 heterocycles. The average Bonchev–Trinajstić information content (AvgIpc) is 2.63. The summed E-state index contributed by atoms with van der Waals surface area (Å²) in [6.07, 6.45) is 6.99. The summed E-state index contributed by atoms with van der Waals surface area (Å²) in [6, 6.07) is 6.11. The van der Waals surface area contributed by atoms with Crippen LogP contribution in [0.2, 0.25) is 0 Å². The summed E-state index contributed by atoms with van der Waals surface area (Å²) >= 11 is 0. The van der Waals surface area contributed by atoms with Crippen LogP contribution in [-0.2, 0) is 19.5 Å². The highest BCUT2D eigenvalue weighted by molar-refractivity contribution is 5.22. The van der Waals surface area contributed by atoms with Crippen LogP contribution in [0.1, 0.15) is 66.5 Å². The third-order valence-corrected chi connectivity index (χ3v) is 5.49. The van der Waals surface area contributed by atoms with Crippen molar-refractivity contribution >= 4 is 0 Å². The van der Waals surface area contributed by atoms with Gasteiger partial charge in [-0.2, -0.15) is 0 Å². The monoisotopic (exact) mass is 338 g/mol. The number of fused-ring (bicyclic) bond motifs is 1. The number of pyridine rings is 1. The lowest BCUT2D eigenvalue weighted by Gasteiger charge is -2.28. The molecule has 0 atom stereocenters. The van der Waals surface area contributed by atoms with Crippen molar-refractivity contribution in [2.75, 3.05) is 6.54 Å². The molecule has 0 aromatic carbocycles. The van der Waals surface area contributed by atoms with Crippen LogP contribution in [0.4, 0.5) is 0 Å². The van der Waals surface area contributed by atoms with E-state index in [9.17, 15) is 4.79 Å². The van der Waals surface area contributed by atoms with E-state index < -0.39 is 0 Å². The molecular weight excluding hydrogens is 312 g/mol. The third kappa shape index (κ3) is 3.66. The number of rotatable bonds is 3. The molecule has 0 amide bonds. The van der Waals surface area contributed by atoms with Gasteiger partial charge < -0.3 is 4.98 Å². The van der Waals surface area contributed by atoms with Crippen LogP contribution < -0.4 is 5.56 Å². The van der Waals surface area contributed by atoms with Gasteiger partial charge in [-0.25, -0.2) is 4.98 Å². The second-order valence-electron chi connectivity index (χ2n) is 7.44. The summed E-state index contributed by atoms with van der Waals surface area (Å²) in [5.41, 5.74) is 4.02. The Morgan fingerprint density at radius 2 is 2.04 bits per heavy atom. The Morgan fingerprint density at radius 3 is 2.84 bits per heavy atom. The SMILES string of the molecule is Cc1cccc(CN2CCc3nc(C4CCCCC4)[nH]c(=O)c3C2)n1. The normalized spacial score (nSPS) is 18.9. The van der Waals surface area contributed by atoms with Crippen molar-refractivity contribution in [3.05, 3.63) is 57.0 Å². The van der Waals surface area contributed by atoms with Gasteiger partial charge in [0.05, 0.1) is 17.0 Å². The molecule has 0 spiro atoms. The maximum absolute atomic E-state index is 12.6. The van der Waals surface area contributed by atoms with Crippen molar-refractivity contribution in [1.82, 2.24) is 19.9 Å². The third-order valence-electron chi connectivity index (χ3n) is 5.49. The minimum absolute atomic E-state index is 0.0625. The van der Waals surface area contributed by atoms with Gasteiger partial charge in [0.2, 0.25) is 0 Å². The van der Waals surface area contributed by atoms with Crippen LogP contribution >= 0.6 is 0 Å². The van der Waals surface area contributed by atoms with Gasteiger partial charge in [-0.1, -0.05) is 25.3 Å². The van der Waals surface area contributed by atoms with Gasteiger partial charge in [0, 0.05) is 37.7 Å². The molecule has 0 bridgehead atoms. The molecule has 0 radical (unpaired) electrons. The van der Waals surface area contributed by atoms with E-state index in [0.717, 1.165) is 60.8 Å². The summed E-state index contributed by atoms with van der Waals surface area (Å²) in [5, 5.41) is 0. The molecule has 2 aromatic heterocycles. The van der Waals surface area contributed by atoms with E-state index in [1.807, 2.05) is 19.1 Å². The molecule has 1 fully saturated rings. The lowest BCUT2D eigenvalue weighted by Crippen LogP contribution is -2.36. The number of aromatic amines is 1. The van der Waals surface area contributed by atoms with Crippen molar-refractivity contribution in [3.8, 4) is 0 Å². The highest BCUT2D eigenvalue weighted by atomic mass is 16.1. The van der Waals surface area contributed by atoms with Crippen LogP contribution in [-0.4, -0.2) is 26.4 Å². The van der Waals surface area contributed by atoms with Crippen molar-refractivity contribution in [1.29, 1.82) is 0 Å². The number of nitrogens with zero attached hydrogens (tertiary/aromatic N) is 3. The van der Waals surface area contributed by atoms with Crippen LogP contribution in [0.3, 0.4) is 0 Å². The summed E-state index contributed by atoms with van der Waals surface area (Å²) in [4.78, 5) is 27.5. The number of nitrogens with one attached hydrogen (secondary N) is 1. The van der Waals surface area contributed by atoms with Crippen LogP contribution in [0.15, 0.2) is 23.0 Å². The molecule has 1 aliphatic carbocycles.